The van der Waals surface area contributed by atoms with Crippen LogP contribution in [0.15, 0.2) is 0 Å². The number of nitrogens with one attached hydrogen (secondary N) is 2. The predicted octanol–water partition coefficient (Wildman–Crippen LogP) is 0.518. The summed E-state index contributed by atoms with van der Waals surface area (Å²) in [6, 6.07) is 0.279. The van der Waals surface area contributed by atoms with Gasteiger partial charge in [0.05, 0.1) is 6.54 Å². The molecule has 0 aromatic rings. The Morgan fingerprint density at radius 1 is 1.30 bits per heavy atom. The Kier molecular flexibility index (Phi) is 8.82. The summed E-state index contributed by atoms with van der Waals surface area (Å²) in [5, 5.41) is 6.42. The van der Waals surface area contributed by atoms with E-state index in [9.17, 15) is 4.79 Å². The van der Waals surface area contributed by atoms with Crippen LogP contribution in [0.4, 0.5) is 0 Å². The third kappa shape index (κ3) is 7.22. The number of hydrogen-bond donors (Lipinski definition) is 2. The van der Waals surface area contributed by atoms with Crippen molar-refractivity contribution in [3.63, 3.8) is 0 Å². The van der Waals surface area contributed by atoms with Gasteiger partial charge in [-0.3, -0.25) is 9.69 Å². The second-order valence-electron chi connectivity index (χ2n) is 5.66. The fourth-order valence-corrected chi connectivity index (χ4v) is 2.63. The van der Waals surface area contributed by atoms with Gasteiger partial charge in [0.2, 0.25) is 5.91 Å². The smallest absolute Gasteiger partial charge is 0.234 e. The van der Waals surface area contributed by atoms with E-state index in [1.807, 2.05) is 0 Å². The van der Waals surface area contributed by atoms with Crippen molar-refractivity contribution in [2.75, 3.05) is 52.4 Å². The molecular formula is C15H32N4O. The molecular weight excluding hydrogens is 252 g/mol. The Bertz CT molecular complexity index is 263. The first-order valence-electron chi connectivity index (χ1n) is 8.10. The Morgan fingerprint density at radius 3 is 2.55 bits per heavy atom. The highest BCUT2D eigenvalue weighted by molar-refractivity contribution is 5.78. The summed E-state index contributed by atoms with van der Waals surface area (Å²) in [5.41, 5.74) is 0. The van der Waals surface area contributed by atoms with Crippen molar-refractivity contribution in [1.82, 2.24) is 20.4 Å². The van der Waals surface area contributed by atoms with Crippen LogP contribution >= 0.6 is 0 Å². The monoisotopic (exact) mass is 284 g/mol. The molecule has 1 unspecified atom stereocenters. The zero-order valence-electron chi connectivity index (χ0n) is 13.5. The van der Waals surface area contributed by atoms with Gasteiger partial charge in [0, 0.05) is 32.2 Å². The molecule has 5 nitrogen and oxygen atoms in total. The molecule has 0 aliphatic carbocycles. The summed E-state index contributed by atoms with van der Waals surface area (Å²) < 4.78 is 0. The summed E-state index contributed by atoms with van der Waals surface area (Å²) >= 11 is 0. The van der Waals surface area contributed by atoms with Crippen molar-refractivity contribution in [1.29, 1.82) is 0 Å². The number of hydrogen-bond acceptors (Lipinski definition) is 4. The van der Waals surface area contributed by atoms with Crippen molar-refractivity contribution in [3.8, 4) is 0 Å². The summed E-state index contributed by atoms with van der Waals surface area (Å²) in [4.78, 5) is 16.6. The number of piperazine rings is 1. The molecule has 0 radical (unpaired) electrons. The Balaban J connectivity index is 2.11. The van der Waals surface area contributed by atoms with E-state index in [-0.39, 0.29) is 11.9 Å². The zero-order valence-corrected chi connectivity index (χ0v) is 13.5. The van der Waals surface area contributed by atoms with Crippen molar-refractivity contribution in [2.45, 2.75) is 39.7 Å². The Hall–Kier alpha value is -0.650. The maximum absolute atomic E-state index is 11.9. The van der Waals surface area contributed by atoms with E-state index in [0.717, 1.165) is 58.7 Å². The second-order valence-corrected chi connectivity index (χ2v) is 5.66. The van der Waals surface area contributed by atoms with Gasteiger partial charge >= 0.3 is 0 Å². The van der Waals surface area contributed by atoms with E-state index in [1.54, 1.807) is 0 Å². The molecule has 1 aliphatic heterocycles. The van der Waals surface area contributed by atoms with Crippen LogP contribution in [0.5, 0.6) is 0 Å². The third-order valence-corrected chi connectivity index (χ3v) is 3.99. The van der Waals surface area contributed by atoms with E-state index >= 15 is 0 Å². The van der Waals surface area contributed by atoms with Gasteiger partial charge in [0.15, 0.2) is 0 Å². The molecule has 0 aromatic heterocycles. The summed E-state index contributed by atoms with van der Waals surface area (Å²) in [7, 11) is 0. The molecule has 118 valence electrons. The van der Waals surface area contributed by atoms with Gasteiger partial charge < -0.3 is 15.5 Å². The van der Waals surface area contributed by atoms with Crippen molar-refractivity contribution >= 4 is 5.91 Å². The standard InChI is InChI=1S/C15H32N4O/c1-4-18(5-2)10-6-7-14(3)17-15(20)13-19-11-8-16-9-12-19/h14,16H,4-13H2,1-3H3,(H,17,20). The number of carbonyl (C=O) groups is 1. The van der Waals surface area contributed by atoms with Crippen LogP contribution in [0, 0.1) is 0 Å². The van der Waals surface area contributed by atoms with Gasteiger partial charge in [0.1, 0.15) is 0 Å². The van der Waals surface area contributed by atoms with Crippen molar-refractivity contribution in [3.05, 3.63) is 0 Å². The van der Waals surface area contributed by atoms with E-state index < -0.39 is 0 Å². The maximum atomic E-state index is 11.9. The topological polar surface area (TPSA) is 47.6 Å². The Morgan fingerprint density at radius 2 is 1.95 bits per heavy atom. The normalized spacial score (nSPS) is 18.2. The van der Waals surface area contributed by atoms with Gasteiger partial charge in [-0.1, -0.05) is 13.8 Å². The van der Waals surface area contributed by atoms with Gasteiger partial charge in [-0.05, 0) is 39.4 Å². The van der Waals surface area contributed by atoms with Crippen LogP contribution in [0.2, 0.25) is 0 Å². The van der Waals surface area contributed by atoms with E-state index in [2.05, 4.69) is 41.2 Å². The maximum Gasteiger partial charge on any atom is 0.234 e. The van der Waals surface area contributed by atoms with Crippen LogP contribution < -0.4 is 10.6 Å². The van der Waals surface area contributed by atoms with Crippen LogP contribution in [0.1, 0.15) is 33.6 Å². The molecule has 0 saturated carbocycles. The molecule has 20 heavy (non-hydrogen) atoms. The molecule has 1 heterocycles. The van der Waals surface area contributed by atoms with E-state index in [0.29, 0.717) is 6.54 Å². The molecule has 1 atom stereocenters. The predicted molar refractivity (Wildman–Crippen MR) is 83.9 cm³/mol. The first-order valence-corrected chi connectivity index (χ1v) is 8.10. The first kappa shape index (κ1) is 17.4. The molecule has 0 bridgehead atoms. The van der Waals surface area contributed by atoms with Gasteiger partial charge in [-0.2, -0.15) is 0 Å². The molecule has 1 amide bonds. The molecule has 0 aromatic carbocycles. The minimum absolute atomic E-state index is 0.169. The molecule has 1 saturated heterocycles. The number of carbonyl (C=O) groups excluding carboxylic acids is 1. The fraction of sp³-hybridized carbons (Fsp3) is 0.933. The molecule has 0 spiro atoms. The lowest BCUT2D eigenvalue weighted by atomic mass is 10.1. The average Bonchev–Trinajstić information content (AvgIpc) is 2.44. The Labute approximate surface area is 124 Å². The quantitative estimate of drug-likeness (QED) is 0.648. The van der Waals surface area contributed by atoms with Crippen LogP contribution in [0.3, 0.4) is 0 Å². The van der Waals surface area contributed by atoms with Crippen LogP contribution in [-0.4, -0.2) is 74.1 Å². The summed E-state index contributed by atoms with van der Waals surface area (Å²) in [6.45, 7) is 14.3. The van der Waals surface area contributed by atoms with Crippen LogP contribution in [-0.2, 0) is 4.79 Å². The minimum Gasteiger partial charge on any atom is -0.353 e. The highest BCUT2D eigenvalue weighted by Gasteiger charge is 2.14. The van der Waals surface area contributed by atoms with Crippen molar-refractivity contribution in [2.24, 2.45) is 0 Å². The first-order chi connectivity index (χ1) is 9.65. The van der Waals surface area contributed by atoms with E-state index in [4.69, 9.17) is 0 Å². The SMILES string of the molecule is CCN(CC)CCCC(C)NC(=O)CN1CCNCC1. The number of amides is 1. The third-order valence-electron chi connectivity index (χ3n) is 3.99. The highest BCUT2D eigenvalue weighted by Crippen LogP contribution is 2.00. The molecule has 2 N–H and O–H groups in total. The molecule has 1 aliphatic rings. The van der Waals surface area contributed by atoms with E-state index in [1.165, 1.54) is 0 Å². The largest absolute Gasteiger partial charge is 0.353 e. The van der Waals surface area contributed by atoms with Crippen LogP contribution in [0.25, 0.3) is 0 Å². The fourth-order valence-electron chi connectivity index (χ4n) is 2.63. The zero-order chi connectivity index (χ0) is 14.8. The lowest BCUT2D eigenvalue weighted by Crippen LogP contribution is -2.48. The molecule has 5 heteroatoms. The summed E-state index contributed by atoms with van der Waals surface area (Å²) in [5.74, 6) is 0.169. The highest BCUT2D eigenvalue weighted by atomic mass is 16.2. The van der Waals surface area contributed by atoms with Gasteiger partial charge in [-0.25, -0.2) is 0 Å². The molecule has 1 rings (SSSR count). The second kappa shape index (κ2) is 10.1. The van der Waals surface area contributed by atoms with Crippen molar-refractivity contribution < 1.29 is 4.79 Å². The lowest BCUT2D eigenvalue weighted by Gasteiger charge is -2.27. The van der Waals surface area contributed by atoms with Gasteiger partial charge in [-0.15, -0.1) is 0 Å². The summed E-state index contributed by atoms with van der Waals surface area (Å²) in [6.07, 6.45) is 2.21. The van der Waals surface area contributed by atoms with Gasteiger partial charge in [0.25, 0.3) is 0 Å². The number of nitrogens with zero attached hydrogens (tertiary/aromatic N) is 2. The number of rotatable bonds is 9. The molecule has 1 fully saturated rings. The minimum atomic E-state index is 0.169. The average molecular weight is 284 g/mol. The lowest BCUT2D eigenvalue weighted by molar-refractivity contribution is -0.123.